The number of hydrogen-bond acceptors (Lipinski definition) is 5. The molecular weight excluding hydrogens is 252 g/mol. The first-order valence-electron chi connectivity index (χ1n) is 7.39. The second kappa shape index (κ2) is 5.64. The summed E-state index contributed by atoms with van der Waals surface area (Å²) in [6.07, 6.45) is 6.97. The zero-order valence-corrected chi connectivity index (χ0v) is 12.1. The Kier molecular flexibility index (Phi) is 3.71. The van der Waals surface area contributed by atoms with Crippen molar-refractivity contribution in [3.05, 3.63) is 6.33 Å². The van der Waals surface area contributed by atoms with Crippen molar-refractivity contribution in [2.24, 2.45) is 11.8 Å². The summed E-state index contributed by atoms with van der Waals surface area (Å²) in [5.74, 6) is 3.08. The Morgan fingerprint density at radius 1 is 1.25 bits per heavy atom. The molecule has 0 unspecified atom stereocenters. The first-order valence-corrected chi connectivity index (χ1v) is 7.39. The van der Waals surface area contributed by atoms with E-state index in [1.165, 1.54) is 25.7 Å². The van der Waals surface area contributed by atoms with Crippen LogP contribution in [0.2, 0.25) is 0 Å². The molecule has 1 aliphatic carbocycles. The van der Waals surface area contributed by atoms with Crippen LogP contribution in [0.4, 0.5) is 11.8 Å². The lowest BCUT2D eigenvalue weighted by Crippen LogP contribution is -2.20. The molecule has 0 radical (unpaired) electrons. The normalized spacial score (nSPS) is 22.9. The highest BCUT2D eigenvalue weighted by Gasteiger charge is 2.18. The molecule has 1 saturated carbocycles. The van der Waals surface area contributed by atoms with Crippen LogP contribution in [0.5, 0.6) is 0 Å². The van der Waals surface area contributed by atoms with E-state index >= 15 is 0 Å². The van der Waals surface area contributed by atoms with Crippen LogP contribution in [-0.4, -0.2) is 33.5 Å². The van der Waals surface area contributed by atoms with Crippen LogP contribution < -0.4 is 10.6 Å². The summed E-state index contributed by atoms with van der Waals surface area (Å²) in [5.41, 5.74) is 1.58. The van der Waals surface area contributed by atoms with Gasteiger partial charge in [-0.15, -0.1) is 0 Å². The summed E-state index contributed by atoms with van der Waals surface area (Å²) in [7, 11) is 1.82. The average Bonchev–Trinajstić information content (AvgIpc) is 2.94. The molecule has 2 aromatic rings. The third-order valence-corrected chi connectivity index (χ3v) is 4.20. The Bertz CT molecular complexity index is 570. The van der Waals surface area contributed by atoms with Crippen molar-refractivity contribution in [1.82, 2.24) is 19.9 Å². The molecule has 1 fully saturated rings. The zero-order valence-electron chi connectivity index (χ0n) is 12.1. The Hall–Kier alpha value is -1.85. The number of anilines is 2. The van der Waals surface area contributed by atoms with E-state index in [1.807, 2.05) is 7.05 Å². The van der Waals surface area contributed by atoms with Gasteiger partial charge in [-0.1, -0.05) is 19.8 Å². The van der Waals surface area contributed by atoms with Gasteiger partial charge in [0.25, 0.3) is 0 Å². The third kappa shape index (κ3) is 2.69. The van der Waals surface area contributed by atoms with Crippen LogP contribution in [0, 0.1) is 11.8 Å². The van der Waals surface area contributed by atoms with Gasteiger partial charge >= 0.3 is 0 Å². The molecule has 0 bridgehead atoms. The molecule has 2 heterocycles. The van der Waals surface area contributed by atoms with Gasteiger partial charge in [0, 0.05) is 13.6 Å². The number of hydrogen-bond donors (Lipinski definition) is 3. The van der Waals surface area contributed by atoms with Crippen LogP contribution in [0.1, 0.15) is 32.6 Å². The van der Waals surface area contributed by atoms with Crippen LogP contribution in [-0.2, 0) is 0 Å². The number of rotatable bonds is 4. The second-order valence-electron chi connectivity index (χ2n) is 5.75. The first kappa shape index (κ1) is 13.1. The first-order chi connectivity index (χ1) is 9.76. The summed E-state index contributed by atoms with van der Waals surface area (Å²) in [6.45, 7) is 3.32. The molecule has 6 heteroatoms. The Morgan fingerprint density at radius 3 is 2.80 bits per heavy atom. The van der Waals surface area contributed by atoms with Gasteiger partial charge in [-0.25, -0.2) is 4.98 Å². The van der Waals surface area contributed by atoms with Gasteiger partial charge < -0.3 is 15.6 Å². The molecule has 0 amide bonds. The lowest BCUT2D eigenvalue weighted by atomic mass is 9.83. The summed E-state index contributed by atoms with van der Waals surface area (Å²) < 4.78 is 0. The molecule has 0 aliphatic heterocycles. The maximum Gasteiger partial charge on any atom is 0.226 e. The molecule has 0 spiro atoms. The topological polar surface area (TPSA) is 78.5 Å². The number of nitrogens with one attached hydrogen (secondary N) is 3. The molecule has 3 rings (SSSR count). The van der Waals surface area contributed by atoms with E-state index in [4.69, 9.17) is 0 Å². The van der Waals surface area contributed by atoms with E-state index in [2.05, 4.69) is 37.5 Å². The Labute approximate surface area is 118 Å². The monoisotopic (exact) mass is 274 g/mol. The molecule has 0 saturated heterocycles. The van der Waals surface area contributed by atoms with E-state index in [0.29, 0.717) is 11.6 Å². The summed E-state index contributed by atoms with van der Waals surface area (Å²) in [5, 5.41) is 6.45. The van der Waals surface area contributed by atoms with Gasteiger partial charge in [0.1, 0.15) is 5.52 Å². The van der Waals surface area contributed by atoms with Crippen LogP contribution in [0.3, 0.4) is 0 Å². The maximum atomic E-state index is 4.49. The fourth-order valence-electron chi connectivity index (χ4n) is 2.85. The molecule has 0 aromatic carbocycles. The van der Waals surface area contributed by atoms with E-state index in [-0.39, 0.29) is 0 Å². The van der Waals surface area contributed by atoms with Crippen molar-refractivity contribution in [2.45, 2.75) is 32.6 Å². The summed E-state index contributed by atoms with van der Waals surface area (Å²) in [4.78, 5) is 16.1. The van der Waals surface area contributed by atoms with E-state index in [1.54, 1.807) is 6.33 Å². The molecule has 108 valence electrons. The predicted molar refractivity (Wildman–Crippen MR) is 80.8 cm³/mol. The number of H-pyrrole nitrogens is 1. The van der Waals surface area contributed by atoms with Gasteiger partial charge in [-0.2, -0.15) is 9.97 Å². The lowest BCUT2D eigenvalue weighted by molar-refractivity contribution is 0.300. The molecule has 0 atom stereocenters. The number of imidazole rings is 1. The lowest BCUT2D eigenvalue weighted by Gasteiger charge is -2.26. The number of aromatic nitrogens is 4. The van der Waals surface area contributed by atoms with Gasteiger partial charge in [-0.3, -0.25) is 0 Å². The quantitative estimate of drug-likeness (QED) is 0.798. The van der Waals surface area contributed by atoms with E-state index in [9.17, 15) is 0 Å². The molecule has 20 heavy (non-hydrogen) atoms. The number of fused-ring (bicyclic) bond motifs is 1. The maximum absolute atomic E-state index is 4.49. The van der Waals surface area contributed by atoms with Gasteiger partial charge in [0.05, 0.1) is 6.33 Å². The van der Waals surface area contributed by atoms with Gasteiger partial charge in [0.15, 0.2) is 11.5 Å². The number of aromatic amines is 1. The Balaban J connectivity index is 1.71. The fraction of sp³-hybridized carbons (Fsp3) is 0.643. The largest absolute Gasteiger partial charge is 0.368 e. The molecule has 2 aromatic heterocycles. The molecular formula is C14H22N6. The highest BCUT2D eigenvalue weighted by molar-refractivity contribution is 5.83. The molecule has 3 N–H and O–H groups in total. The molecule has 6 nitrogen and oxygen atoms in total. The minimum Gasteiger partial charge on any atom is -0.368 e. The highest BCUT2D eigenvalue weighted by Crippen LogP contribution is 2.28. The van der Waals surface area contributed by atoms with E-state index in [0.717, 1.165) is 29.7 Å². The van der Waals surface area contributed by atoms with Crippen molar-refractivity contribution >= 4 is 22.9 Å². The smallest absolute Gasteiger partial charge is 0.226 e. The van der Waals surface area contributed by atoms with Crippen molar-refractivity contribution < 1.29 is 0 Å². The minimum atomic E-state index is 0.601. The van der Waals surface area contributed by atoms with Crippen molar-refractivity contribution in [1.29, 1.82) is 0 Å². The van der Waals surface area contributed by atoms with Crippen molar-refractivity contribution in [2.75, 3.05) is 24.2 Å². The SMILES string of the molecule is CNc1nc(NCC2CCC(C)CC2)c2[nH]cnc2n1. The summed E-state index contributed by atoms with van der Waals surface area (Å²) in [6, 6.07) is 0. The minimum absolute atomic E-state index is 0.601. The summed E-state index contributed by atoms with van der Waals surface area (Å²) >= 11 is 0. The molecule has 1 aliphatic rings. The average molecular weight is 274 g/mol. The van der Waals surface area contributed by atoms with Gasteiger partial charge in [-0.05, 0) is 24.7 Å². The van der Waals surface area contributed by atoms with E-state index < -0.39 is 0 Å². The van der Waals surface area contributed by atoms with Crippen molar-refractivity contribution in [3.63, 3.8) is 0 Å². The van der Waals surface area contributed by atoms with Gasteiger partial charge in [0.2, 0.25) is 5.95 Å². The van der Waals surface area contributed by atoms with Crippen LogP contribution >= 0.6 is 0 Å². The Morgan fingerprint density at radius 2 is 2.05 bits per heavy atom. The highest BCUT2D eigenvalue weighted by atomic mass is 15.2. The standard InChI is InChI=1S/C14H22N6/c1-9-3-5-10(6-4-9)7-16-12-11-13(18-8-17-11)20-14(15-2)19-12/h8-10H,3-7H2,1-2H3,(H3,15,16,17,18,19,20). The van der Waals surface area contributed by atoms with Crippen LogP contribution in [0.15, 0.2) is 6.33 Å². The van der Waals surface area contributed by atoms with Crippen molar-refractivity contribution in [3.8, 4) is 0 Å². The second-order valence-corrected chi connectivity index (χ2v) is 5.75. The fourth-order valence-corrected chi connectivity index (χ4v) is 2.85. The van der Waals surface area contributed by atoms with Crippen LogP contribution in [0.25, 0.3) is 11.2 Å². The predicted octanol–water partition coefficient (Wildman–Crippen LogP) is 2.63. The number of nitrogens with zero attached hydrogens (tertiary/aromatic N) is 3. The zero-order chi connectivity index (χ0) is 13.9. The third-order valence-electron chi connectivity index (χ3n) is 4.20.